The van der Waals surface area contributed by atoms with Crippen LogP contribution in [0, 0.1) is 17.5 Å². The fraction of sp³-hybridized carbons (Fsp3) is 0.333. The van der Waals surface area contributed by atoms with Crippen LogP contribution in [0.1, 0.15) is 18.4 Å². The van der Waals surface area contributed by atoms with Crippen molar-refractivity contribution in [3.63, 3.8) is 0 Å². The number of halogens is 4. The molecular weight excluding hydrogens is 261 g/mol. The van der Waals surface area contributed by atoms with Gasteiger partial charge in [-0.15, -0.1) is 0 Å². The van der Waals surface area contributed by atoms with Gasteiger partial charge in [-0.1, -0.05) is 6.92 Å². The summed E-state index contributed by atoms with van der Waals surface area (Å²) in [6, 6.07) is 1.13. The summed E-state index contributed by atoms with van der Waals surface area (Å²) in [4.78, 5) is 0. The molecule has 1 nitrogen and oxygen atoms in total. The number of aliphatic hydroxyl groups excluding tert-OH is 1. The van der Waals surface area contributed by atoms with Gasteiger partial charge in [0.15, 0.2) is 17.5 Å². The largest absolute Gasteiger partial charge is 0.396 e. The predicted octanol–water partition coefficient (Wildman–Crippen LogP) is 2.96. The van der Waals surface area contributed by atoms with Gasteiger partial charge in [-0.2, -0.15) is 0 Å². The predicted molar refractivity (Wildman–Crippen MR) is 49.5 cm³/mol. The average molecular weight is 269 g/mol. The van der Waals surface area contributed by atoms with Gasteiger partial charge in [0.2, 0.25) is 0 Å². The van der Waals surface area contributed by atoms with Crippen LogP contribution >= 0.6 is 15.9 Å². The van der Waals surface area contributed by atoms with Crippen LogP contribution in [0.15, 0.2) is 10.5 Å². The molecule has 0 aliphatic carbocycles. The summed E-state index contributed by atoms with van der Waals surface area (Å²) >= 11 is 2.77. The van der Waals surface area contributed by atoms with Crippen molar-refractivity contribution >= 4 is 15.9 Å². The van der Waals surface area contributed by atoms with Gasteiger partial charge in [0.1, 0.15) is 0 Å². The summed E-state index contributed by atoms with van der Waals surface area (Å²) < 4.78 is 38.7. The third-order valence-corrected chi connectivity index (χ3v) is 2.51. The van der Waals surface area contributed by atoms with Gasteiger partial charge in [-0.25, -0.2) is 13.2 Å². The summed E-state index contributed by atoms with van der Waals surface area (Å²) in [6.07, 6.45) is 0. The van der Waals surface area contributed by atoms with Crippen LogP contribution in [0.5, 0.6) is 0 Å². The Kier molecular flexibility index (Phi) is 3.55. The highest BCUT2D eigenvalue weighted by molar-refractivity contribution is 9.10. The van der Waals surface area contributed by atoms with Gasteiger partial charge in [0.25, 0.3) is 0 Å². The van der Waals surface area contributed by atoms with Crippen LogP contribution in [-0.2, 0) is 0 Å². The van der Waals surface area contributed by atoms with Gasteiger partial charge in [-0.05, 0) is 27.6 Å². The number of benzene rings is 1. The van der Waals surface area contributed by atoms with E-state index in [1.807, 2.05) is 0 Å². The highest BCUT2D eigenvalue weighted by Crippen LogP contribution is 2.28. The molecule has 1 N–H and O–H groups in total. The molecule has 1 rings (SSSR count). The highest BCUT2D eigenvalue weighted by atomic mass is 79.9. The van der Waals surface area contributed by atoms with Gasteiger partial charge in [-0.3, -0.25) is 0 Å². The topological polar surface area (TPSA) is 20.2 Å². The van der Waals surface area contributed by atoms with Gasteiger partial charge in [0, 0.05) is 12.5 Å². The molecule has 0 spiro atoms. The van der Waals surface area contributed by atoms with Crippen molar-refractivity contribution in [2.24, 2.45) is 0 Å². The number of aliphatic hydroxyl groups is 1. The molecule has 0 amide bonds. The van der Waals surface area contributed by atoms with Crippen molar-refractivity contribution in [2.75, 3.05) is 6.61 Å². The molecule has 0 saturated heterocycles. The van der Waals surface area contributed by atoms with E-state index < -0.39 is 23.4 Å². The molecule has 1 aromatic rings. The van der Waals surface area contributed by atoms with E-state index in [4.69, 9.17) is 5.11 Å². The number of rotatable bonds is 2. The highest BCUT2D eigenvalue weighted by Gasteiger charge is 2.20. The van der Waals surface area contributed by atoms with E-state index in [0.717, 1.165) is 6.07 Å². The van der Waals surface area contributed by atoms with Gasteiger partial charge in [0.05, 0.1) is 4.47 Å². The third kappa shape index (κ3) is 1.93. The van der Waals surface area contributed by atoms with E-state index in [-0.39, 0.29) is 16.6 Å². The van der Waals surface area contributed by atoms with Crippen LogP contribution in [0.2, 0.25) is 0 Å². The van der Waals surface area contributed by atoms with Crippen molar-refractivity contribution in [1.29, 1.82) is 0 Å². The maximum Gasteiger partial charge on any atom is 0.195 e. The van der Waals surface area contributed by atoms with Crippen LogP contribution in [0.3, 0.4) is 0 Å². The molecular formula is C9H8BrF3O. The van der Waals surface area contributed by atoms with Crippen molar-refractivity contribution in [3.05, 3.63) is 33.6 Å². The van der Waals surface area contributed by atoms with Crippen molar-refractivity contribution in [2.45, 2.75) is 12.8 Å². The first kappa shape index (κ1) is 11.5. The molecule has 0 aliphatic rings. The second-order valence-electron chi connectivity index (χ2n) is 2.97. The van der Waals surface area contributed by atoms with E-state index in [0.29, 0.717) is 0 Å². The lowest BCUT2D eigenvalue weighted by Gasteiger charge is -2.11. The first-order valence-electron chi connectivity index (χ1n) is 3.92. The molecule has 0 aliphatic heterocycles. The Morgan fingerprint density at radius 3 is 2.36 bits per heavy atom. The summed E-state index contributed by atoms with van der Waals surface area (Å²) in [5.74, 6) is -4.58. The van der Waals surface area contributed by atoms with E-state index >= 15 is 0 Å². The Labute approximate surface area is 87.7 Å². The van der Waals surface area contributed by atoms with Gasteiger partial charge < -0.3 is 5.11 Å². The fourth-order valence-corrected chi connectivity index (χ4v) is 1.47. The van der Waals surface area contributed by atoms with Crippen molar-refractivity contribution < 1.29 is 18.3 Å². The van der Waals surface area contributed by atoms with E-state index in [1.165, 1.54) is 6.92 Å². The minimum atomic E-state index is -1.52. The van der Waals surface area contributed by atoms with Crippen molar-refractivity contribution in [3.8, 4) is 0 Å². The van der Waals surface area contributed by atoms with Crippen LogP contribution in [0.4, 0.5) is 13.2 Å². The molecule has 0 bridgehead atoms. The SMILES string of the molecule is CC(CO)c1cc(Br)c(F)c(F)c1F. The molecule has 0 heterocycles. The normalized spacial score (nSPS) is 13.0. The Bertz CT molecular complexity index is 354. The molecule has 0 aromatic heterocycles. The Morgan fingerprint density at radius 2 is 1.86 bits per heavy atom. The molecule has 5 heteroatoms. The van der Waals surface area contributed by atoms with Crippen LogP contribution in [0.25, 0.3) is 0 Å². The molecule has 0 fully saturated rings. The lowest BCUT2D eigenvalue weighted by atomic mass is 10.0. The quantitative estimate of drug-likeness (QED) is 0.646. The molecule has 0 saturated carbocycles. The Balaban J connectivity index is 3.33. The third-order valence-electron chi connectivity index (χ3n) is 1.94. The second-order valence-corrected chi connectivity index (χ2v) is 3.83. The maximum atomic E-state index is 13.1. The lowest BCUT2D eigenvalue weighted by molar-refractivity contribution is 0.269. The lowest BCUT2D eigenvalue weighted by Crippen LogP contribution is -2.06. The van der Waals surface area contributed by atoms with Crippen LogP contribution < -0.4 is 0 Å². The number of hydrogen-bond donors (Lipinski definition) is 1. The summed E-state index contributed by atoms with van der Waals surface area (Å²) in [5.41, 5.74) is -0.0433. The Morgan fingerprint density at radius 1 is 1.29 bits per heavy atom. The van der Waals surface area contributed by atoms with E-state index in [9.17, 15) is 13.2 Å². The molecule has 1 aromatic carbocycles. The van der Waals surface area contributed by atoms with Crippen LogP contribution in [-0.4, -0.2) is 11.7 Å². The van der Waals surface area contributed by atoms with E-state index in [2.05, 4.69) is 15.9 Å². The van der Waals surface area contributed by atoms with Gasteiger partial charge >= 0.3 is 0 Å². The fourth-order valence-electron chi connectivity index (χ4n) is 1.05. The maximum absolute atomic E-state index is 13.1. The molecule has 1 unspecified atom stereocenters. The summed E-state index contributed by atoms with van der Waals surface area (Å²) in [5, 5.41) is 8.77. The zero-order valence-corrected chi connectivity index (χ0v) is 8.91. The summed E-state index contributed by atoms with van der Waals surface area (Å²) in [6.45, 7) is 1.19. The molecule has 78 valence electrons. The minimum Gasteiger partial charge on any atom is -0.396 e. The standard InChI is InChI=1S/C9H8BrF3O/c1-4(3-14)5-2-6(10)8(12)9(13)7(5)11/h2,4,14H,3H2,1H3. The molecule has 1 atom stereocenters. The van der Waals surface area contributed by atoms with E-state index in [1.54, 1.807) is 0 Å². The number of hydrogen-bond acceptors (Lipinski definition) is 1. The molecule has 14 heavy (non-hydrogen) atoms. The first-order valence-corrected chi connectivity index (χ1v) is 4.72. The Hall–Kier alpha value is -0.550. The average Bonchev–Trinajstić information content (AvgIpc) is 2.19. The molecule has 0 radical (unpaired) electrons. The zero-order valence-electron chi connectivity index (χ0n) is 7.32. The second kappa shape index (κ2) is 4.31. The van der Waals surface area contributed by atoms with Crippen molar-refractivity contribution in [1.82, 2.24) is 0 Å². The zero-order chi connectivity index (χ0) is 10.9. The minimum absolute atomic E-state index is 0.0433. The first-order chi connectivity index (χ1) is 6.49. The monoisotopic (exact) mass is 268 g/mol. The smallest absolute Gasteiger partial charge is 0.195 e. The summed E-state index contributed by atoms with van der Waals surface area (Å²) in [7, 11) is 0.